The molecule has 0 bridgehead atoms. The first-order valence-corrected chi connectivity index (χ1v) is 6.63. The second-order valence-electron chi connectivity index (χ2n) is 3.79. The molecule has 0 aliphatic carbocycles. The van der Waals surface area contributed by atoms with Crippen LogP contribution in [0.5, 0.6) is 0 Å². The number of aliphatic hydroxyl groups is 1. The summed E-state index contributed by atoms with van der Waals surface area (Å²) in [5, 5.41) is 16.8. The van der Waals surface area contributed by atoms with Crippen LogP contribution in [-0.2, 0) is 0 Å². The summed E-state index contributed by atoms with van der Waals surface area (Å²) in [6, 6.07) is 1.87. The Bertz CT molecular complexity index is 532. The summed E-state index contributed by atoms with van der Waals surface area (Å²) in [4.78, 5) is 7.94. The van der Waals surface area contributed by atoms with Crippen LogP contribution in [0.1, 0.15) is 17.4 Å². The molecule has 0 spiro atoms. The first-order chi connectivity index (χ1) is 8.58. The second-order valence-corrected chi connectivity index (χ2v) is 4.91. The van der Waals surface area contributed by atoms with Crippen LogP contribution in [0.3, 0.4) is 0 Å². The Balaban J connectivity index is 2.06. The normalized spacial score (nSPS) is 12.4. The van der Waals surface area contributed by atoms with Gasteiger partial charge < -0.3 is 16.2 Å². The fourth-order valence-corrected chi connectivity index (χ4v) is 2.38. The van der Waals surface area contributed by atoms with E-state index in [1.54, 1.807) is 6.92 Å². The van der Waals surface area contributed by atoms with E-state index < -0.39 is 6.10 Å². The lowest BCUT2D eigenvalue weighted by atomic mass is 10.2. The zero-order valence-corrected chi connectivity index (χ0v) is 11.3. The number of rotatable bonds is 4. The van der Waals surface area contributed by atoms with Crippen molar-refractivity contribution in [1.29, 1.82) is 0 Å². The summed E-state index contributed by atoms with van der Waals surface area (Å²) >= 11 is 7.30. The second kappa shape index (κ2) is 5.51. The minimum absolute atomic E-state index is 0.134. The van der Waals surface area contributed by atoms with Crippen LogP contribution in [0.15, 0.2) is 16.8 Å². The van der Waals surface area contributed by atoms with Crippen molar-refractivity contribution in [2.24, 2.45) is 0 Å². The van der Waals surface area contributed by atoms with Gasteiger partial charge in [-0.2, -0.15) is 16.3 Å². The van der Waals surface area contributed by atoms with Gasteiger partial charge in [-0.15, -0.1) is 0 Å². The number of anilines is 2. The highest BCUT2D eigenvalue weighted by atomic mass is 35.5. The summed E-state index contributed by atoms with van der Waals surface area (Å²) in [5.74, 6) is 0.446. The summed E-state index contributed by atoms with van der Waals surface area (Å²) in [5.41, 5.74) is 7.75. The number of thiophene rings is 1. The minimum Gasteiger partial charge on any atom is -0.394 e. The van der Waals surface area contributed by atoms with E-state index in [0.717, 1.165) is 5.56 Å². The highest BCUT2D eigenvalue weighted by Gasteiger charge is 2.11. The number of nitrogens with two attached hydrogens (primary N) is 1. The van der Waals surface area contributed by atoms with Gasteiger partial charge in [0.15, 0.2) is 5.82 Å². The number of hydrogen-bond donors (Lipinski definition) is 3. The predicted octanol–water partition coefficient (Wildman–Crippen LogP) is 2.23. The van der Waals surface area contributed by atoms with Crippen molar-refractivity contribution in [3.8, 4) is 0 Å². The Morgan fingerprint density at radius 1 is 1.56 bits per heavy atom. The molecule has 0 fully saturated rings. The van der Waals surface area contributed by atoms with E-state index >= 15 is 0 Å². The van der Waals surface area contributed by atoms with Crippen LogP contribution in [0.4, 0.5) is 11.5 Å². The lowest BCUT2D eigenvalue weighted by molar-refractivity contribution is 0.192. The van der Waals surface area contributed by atoms with Gasteiger partial charge in [0.05, 0.1) is 17.5 Å². The molecular weight excluding hydrogens is 272 g/mol. The fraction of sp³-hybridized carbons (Fsp3) is 0.273. The van der Waals surface area contributed by atoms with Gasteiger partial charge in [-0.1, -0.05) is 0 Å². The monoisotopic (exact) mass is 284 g/mol. The number of aliphatic hydroxyl groups excluding tert-OH is 1. The molecule has 0 saturated carbocycles. The van der Waals surface area contributed by atoms with Gasteiger partial charge in [-0.3, -0.25) is 0 Å². The molecule has 2 rings (SSSR count). The van der Waals surface area contributed by atoms with Crippen LogP contribution >= 0.6 is 22.9 Å². The zero-order valence-electron chi connectivity index (χ0n) is 9.72. The van der Waals surface area contributed by atoms with E-state index in [1.165, 1.54) is 11.3 Å². The van der Waals surface area contributed by atoms with Gasteiger partial charge in [-0.25, -0.2) is 4.98 Å². The molecule has 7 heteroatoms. The molecule has 2 aromatic rings. The Labute approximate surface area is 114 Å². The Hall–Kier alpha value is -1.37. The molecule has 2 aromatic heterocycles. The molecule has 0 saturated heterocycles. The first-order valence-electron chi connectivity index (χ1n) is 5.31. The van der Waals surface area contributed by atoms with Gasteiger partial charge in [0.1, 0.15) is 0 Å². The van der Waals surface area contributed by atoms with Crippen molar-refractivity contribution >= 4 is 34.4 Å². The Morgan fingerprint density at radius 3 is 3.00 bits per heavy atom. The average Bonchev–Trinajstić information content (AvgIpc) is 2.85. The van der Waals surface area contributed by atoms with E-state index in [9.17, 15) is 5.11 Å². The van der Waals surface area contributed by atoms with Gasteiger partial charge in [-0.05, 0) is 40.9 Å². The molecule has 18 heavy (non-hydrogen) atoms. The van der Waals surface area contributed by atoms with E-state index in [4.69, 9.17) is 17.3 Å². The third-order valence-electron chi connectivity index (χ3n) is 2.50. The van der Waals surface area contributed by atoms with Gasteiger partial charge in [0.2, 0.25) is 5.28 Å². The van der Waals surface area contributed by atoms with Crippen molar-refractivity contribution in [3.63, 3.8) is 0 Å². The Kier molecular flexibility index (Phi) is 4.00. The first kappa shape index (κ1) is 13.1. The molecular formula is C11H13ClN4OS. The van der Waals surface area contributed by atoms with Crippen molar-refractivity contribution in [3.05, 3.63) is 33.4 Å². The van der Waals surface area contributed by atoms with Gasteiger partial charge in [0.25, 0.3) is 0 Å². The van der Waals surface area contributed by atoms with Crippen LogP contribution in [0.25, 0.3) is 0 Å². The molecule has 1 atom stereocenters. The molecule has 96 valence electrons. The number of halogens is 1. The summed E-state index contributed by atoms with van der Waals surface area (Å²) in [6.45, 7) is 2.07. The Morgan fingerprint density at radius 2 is 2.33 bits per heavy atom. The SMILES string of the molecule is Cc1nc(Cl)nc(NCC(O)c2ccsc2)c1N. The van der Waals surface area contributed by atoms with E-state index in [0.29, 0.717) is 23.7 Å². The maximum atomic E-state index is 9.93. The smallest absolute Gasteiger partial charge is 0.224 e. The molecule has 0 aromatic carbocycles. The summed E-state index contributed by atoms with van der Waals surface area (Å²) in [7, 11) is 0. The average molecular weight is 285 g/mol. The van der Waals surface area contributed by atoms with Crippen molar-refractivity contribution < 1.29 is 5.11 Å². The predicted molar refractivity (Wildman–Crippen MR) is 74.0 cm³/mol. The molecule has 0 amide bonds. The highest BCUT2D eigenvalue weighted by molar-refractivity contribution is 7.07. The lowest BCUT2D eigenvalue weighted by Crippen LogP contribution is -2.14. The number of aryl methyl sites for hydroxylation is 1. The molecule has 1 unspecified atom stereocenters. The minimum atomic E-state index is -0.607. The summed E-state index contributed by atoms with van der Waals surface area (Å²) in [6.07, 6.45) is -0.607. The standard InChI is InChI=1S/C11H13ClN4OS/c1-6-9(13)10(16-11(12)15-6)14-4-8(17)7-2-3-18-5-7/h2-3,5,8,17H,4,13H2,1H3,(H,14,15,16). The largest absolute Gasteiger partial charge is 0.394 e. The van der Waals surface area contributed by atoms with Crippen LogP contribution < -0.4 is 11.1 Å². The van der Waals surface area contributed by atoms with E-state index in [1.807, 2.05) is 16.8 Å². The van der Waals surface area contributed by atoms with Gasteiger partial charge >= 0.3 is 0 Å². The topological polar surface area (TPSA) is 84.1 Å². The number of nitrogens with one attached hydrogen (secondary N) is 1. The molecule has 0 aliphatic heterocycles. The van der Waals surface area contributed by atoms with Gasteiger partial charge in [0, 0.05) is 6.54 Å². The molecule has 2 heterocycles. The van der Waals surface area contributed by atoms with Crippen molar-refractivity contribution in [2.45, 2.75) is 13.0 Å². The van der Waals surface area contributed by atoms with E-state index in [2.05, 4.69) is 15.3 Å². The van der Waals surface area contributed by atoms with Crippen LogP contribution in [0.2, 0.25) is 5.28 Å². The van der Waals surface area contributed by atoms with Crippen molar-refractivity contribution in [2.75, 3.05) is 17.6 Å². The van der Waals surface area contributed by atoms with Crippen LogP contribution in [0, 0.1) is 6.92 Å². The molecule has 0 radical (unpaired) electrons. The van der Waals surface area contributed by atoms with E-state index in [-0.39, 0.29) is 5.28 Å². The maximum Gasteiger partial charge on any atom is 0.224 e. The fourth-order valence-electron chi connectivity index (χ4n) is 1.46. The van der Waals surface area contributed by atoms with Crippen molar-refractivity contribution in [1.82, 2.24) is 9.97 Å². The maximum absolute atomic E-state index is 9.93. The quantitative estimate of drug-likeness (QED) is 0.750. The molecule has 0 aliphatic rings. The third kappa shape index (κ3) is 2.90. The lowest BCUT2D eigenvalue weighted by Gasteiger charge is -2.13. The third-order valence-corrected chi connectivity index (χ3v) is 3.37. The van der Waals surface area contributed by atoms with Crippen LogP contribution in [-0.4, -0.2) is 21.6 Å². The summed E-state index contributed by atoms with van der Waals surface area (Å²) < 4.78 is 0. The number of hydrogen-bond acceptors (Lipinski definition) is 6. The zero-order chi connectivity index (χ0) is 13.1. The number of aromatic nitrogens is 2. The molecule has 4 N–H and O–H groups in total. The number of nitrogen functional groups attached to an aromatic ring is 1. The molecule has 5 nitrogen and oxygen atoms in total. The highest BCUT2D eigenvalue weighted by Crippen LogP contribution is 2.22. The number of nitrogens with zero attached hydrogens (tertiary/aromatic N) is 2.